The maximum Gasteiger partial charge on any atom is 0.356 e. The second-order valence-electron chi connectivity index (χ2n) is 9.12. The van der Waals surface area contributed by atoms with Gasteiger partial charge in [0.25, 0.3) is 0 Å². The van der Waals surface area contributed by atoms with Crippen LogP contribution >= 0.6 is 0 Å². The number of fused-ring (bicyclic) bond motifs is 1. The van der Waals surface area contributed by atoms with Crippen molar-refractivity contribution in [3.05, 3.63) is 71.3 Å². The zero-order chi connectivity index (χ0) is 28.6. The number of methoxy groups -OCH3 is 1. The molecular formula is C26H23F2N5O6S. The van der Waals surface area contributed by atoms with Crippen LogP contribution in [-0.2, 0) is 19.5 Å². The number of aromatic nitrogens is 4. The number of hydrogen-bond donors (Lipinski definition) is 1. The average molecular weight is 572 g/mol. The Bertz CT molecular complexity index is 1730. The molecule has 0 aliphatic carbocycles. The molecule has 40 heavy (non-hydrogen) atoms. The van der Waals surface area contributed by atoms with Crippen molar-refractivity contribution in [2.45, 2.75) is 25.5 Å². The molecular weight excluding hydrogens is 548 g/mol. The molecule has 0 radical (unpaired) electrons. The lowest BCUT2D eigenvalue weighted by Crippen LogP contribution is -2.20. The number of ketones is 1. The molecule has 208 valence electrons. The first-order chi connectivity index (χ1) is 19.1. The fourth-order valence-corrected chi connectivity index (χ4v) is 4.95. The van der Waals surface area contributed by atoms with Gasteiger partial charge in [-0.2, -0.15) is 5.10 Å². The number of ether oxygens (including phenoxy) is 2. The number of benzene rings is 1. The Kier molecular flexibility index (Phi) is 7.29. The number of hydrogen-bond acceptors (Lipinski definition) is 9. The van der Waals surface area contributed by atoms with Gasteiger partial charge in [0.15, 0.2) is 17.7 Å². The minimum atomic E-state index is -4.04. The van der Waals surface area contributed by atoms with E-state index in [0.29, 0.717) is 29.8 Å². The lowest BCUT2D eigenvalue weighted by Gasteiger charge is -2.23. The number of sulfonamides is 1. The molecule has 0 bridgehead atoms. The molecule has 1 unspecified atom stereocenters. The zero-order valence-electron chi connectivity index (χ0n) is 21.3. The summed E-state index contributed by atoms with van der Waals surface area (Å²) in [4.78, 5) is 34.0. The quantitative estimate of drug-likeness (QED) is 0.258. The molecule has 1 aromatic carbocycles. The van der Waals surface area contributed by atoms with Gasteiger partial charge in [-0.3, -0.25) is 9.52 Å². The van der Waals surface area contributed by atoms with E-state index in [0.717, 1.165) is 31.2 Å². The topological polar surface area (TPSA) is 142 Å². The van der Waals surface area contributed by atoms with Crippen molar-refractivity contribution < 1.29 is 36.3 Å². The van der Waals surface area contributed by atoms with Crippen LogP contribution in [0.3, 0.4) is 0 Å². The summed E-state index contributed by atoms with van der Waals surface area (Å²) in [5, 5.41) is 4.70. The Labute approximate surface area is 227 Å². The van der Waals surface area contributed by atoms with Crippen molar-refractivity contribution in [3.8, 4) is 11.1 Å². The molecule has 0 saturated carbocycles. The molecule has 11 nitrogen and oxygen atoms in total. The summed E-state index contributed by atoms with van der Waals surface area (Å²) >= 11 is 0. The molecule has 14 heteroatoms. The SMILES string of the molecule is COC(=O)c1ccc(-c2cnc3c(c2)c(C(=O)c2ccc(F)c(NS(C)(=O)=O)c2F)nn3C2CCCCO2)cn1. The van der Waals surface area contributed by atoms with Crippen LogP contribution in [0.15, 0.2) is 42.7 Å². The van der Waals surface area contributed by atoms with Gasteiger partial charge in [-0.05, 0) is 43.5 Å². The summed E-state index contributed by atoms with van der Waals surface area (Å²) < 4.78 is 66.7. The third kappa shape index (κ3) is 5.27. The van der Waals surface area contributed by atoms with Crippen LogP contribution in [0.25, 0.3) is 22.2 Å². The first-order valence-corrected chi connectivity index (χ1v) is 14.0. The van der Waals surface area contributed by atoms with Gasteiger partial charge in [-0.15, -0.1) is 0 Å². The number of pyridine rings is 2. The highest BCUT2D eigenvalue weighted by molar-refractivity contribution is 7.92. The first-order valence-electron chi connectivity index (χ1n) is 12.1. The van der Waals surface area contributed by atoms with Gasteiger partial charge in [0.2, 0.25) is 15.8 Å². The fraction of sp³-hybridized carbons (Fsp3) is 0.269. The molecule has 1 N–H and O–H groups in total. The Morgan fingerprint density at radius 3 is 2.52 bits per heavy atom. The number of halogens is 2. The molecule has 0 amide bonds. The highest BCUT2D eigenvalue weighted by Crippen LogP contribution is 2.32. The Morgan fingerprint density at radius 1 is 1.10 bits per heavy atom. The number of rotatable bonds is 7. The summed E-state index contributed by atoms with van der Waals surface area (Å²) in [5.41, 5.74) is -0.253. The highest BCUT2D eigenvalue weighted by atomic mass is 32.2. The molecule has 1 aliphatic heterocycles. The largest absolute Gasteiger partial charge is 0.464 e. The maximum atomic E-state index is 15.3. The van der Waals surface area contributed by atoms with Crippen molar-refractivity contribution in [1.82, 2.24) is 19.7 Å². The van der Waals surface area contributed by atoms with E-state index in [1.54, 1.807) is 23.1 Å². The third-order valence-electron chi connectivity index (χ3n) is 6.30. The maximum absolute atomic E-state index is 15.3. The van der Waals surface area contributed by atoms with Crippen LogP contribution < -0.4 is 4.72 Å². The number of carbonyl (C=O) groups excluding carboxylic acids is 2. The van der Waals surface area contributed by atoms with Crippen molar-refractivity contribution >= 4 is 38.5 Å². The number of esters is 1. The monoisotopic (exact) mass is 571 g/mol. The van der Waals surface area contributed by atoms with Crippen molar-refractivity contribution in [1.29, 1.82) is 0 Å². The number of anilines is 1. The van der Waals surface area contributed by atoms with Crippen LogP contribution in [0.2, 0.25) is 0 Å². The van der Waals surface area contributed by atoms with Gasteiger partial charge in [0.1, 0.15) is 22.9 Å². The van der Waals surface area contributed by atoms with Gasteiger partial charge in [-0.1, -0.05) is 6.07 Å². The molecule has 5 rings (SSSR count). The lowest BCUT2D eigenvalue weighted by atomic mass is 10.0. The predicted molar refractivity (Wildman–Crippen MR) is 139 cm³/mol. The molecule has 1 fully saturated rings. The summed E-state index contributed by atoms with van der Waals surface area (Å²) in [5.74, 6) is -4.07. The zero-order valence-corrected chi connectivity index (χ0v) is 22.2. The van der Waals surface area contributed by atoms with Crippen LogP contribution in [0, 0.1) is 11.6 Å². The molecule has 3 aromatic heterocycles. The second-order valence-corrected chi connectivity index (χ2v) is 10.9. The van der Waals surface area contributed by atoms with Crippen LogP contribution in [-0.4, -0.2) is 59.9 Å². The van der Waals surface area contributed by atoms with E-state index < -0.39 is 50.9 Å². The predicted octanol–water partition coefficient (Wildman–Crippen LogP) is 3.86. The van der Waals surface area contributed by atoms with Crippen LogP contribution in [0.4, 0.5) is 14.5 Å². The Hall–Kier alpha value is -4.30. The smallest absolute Gasteiger partial charge is 0.356 e. The Balaban J connectivity index is 1.64. The Morgan fingerprint density at radius 2 is 1.88 bits per heavy atom. The molecule has 4 heterocycles. The van der Waals surface area contributed by atoms with E-state index in [-0.39, 0.29) is 16.8 Å². The summed E-state index contributed by atoms with van der Waals surface area (Å²) in [6.45, 7) is 0.485. The van der Waals surface area contributed by atoms with E-state index in [1.807, 2.05) is 0 Å². The normalized spacial score (nSPS) is 15.7. The summed E-state index contributed by atoms with van der Waals surface area (Å²) in [7, 11) is -2.80. The molecule has 4 aromatic rings. The van der Waals surface area contributed by atoms with Crippen LogP contribution in [0.1, 0.15) is 52.0 Å². The van der Waals surface area contributed by atoms with Crippen LogP contribution in [0.5, 0.6) is 0 Å². The minimum absolute atomic E-state index is 0.101. The molecule has 1 saturated heterocycles. The molecule has 0 spiro atoms. The van der Waals surface area contributed by atoms with Crippen molar-refractivity contribution in [3.63, 3.8) is 0 Å². The third-order valence-corrected chi connectivity index (χ3v) is 6.88. The standard InChI is InChI=1S/C26H23F2N5O6S/c1-38-26(35)19-9-6-14(12-29-19)15-11-17-22(31-33(25(17)30-13-15)20-5-3-4-10-39-20)24(34)16-7-8-18(27)23(21(16)28)32-40(2,36)37/h6-9,11-13,20,32H,3-5,10H2,1-2H3. The van der Waals surface area contributed by atoms with E-state index in [9.17, 15) is 22.4 Å². The first kappa shape index (κ1) is 27.3. The van der Waals surface area contributed by atoms with E-state index >= 15 is 4.39 Å². The number of nitrogens with one attached hydrogen (secondary N) is 1. The minimum Gasteiger partial charge on any atom is -0.464 e. The summed E-state index contributed by atoms with van der Waals surface area (Å²) in [6.07, 6.45) is 5.54. The van der Waals surface area contributed by atoms with Gasteiger partial charge in [0.05, 0.1) is 24.3 Å². The van der Waals surface area contributed by atoms with Gasteiger partial charge >= 0.3 is 5.97 Å². The van der Waals surface area contributed by atoms with E-state index in [1.165, 1.54) is 24.1 Å². The summed E-state index contributed by atoms with van der Waals surface area (Å²) in [6, 6.07) is 6.44. The van der Waals surface area contributed by atoms with Gasteiger partial charge in [0, 0.05) is 30.1 Å². The number of carbonyl (C=O) groups is 2. The van der Waals surface area contributed by atoms with E-state index in [4.69, 9.17) is 4.74 Å². The van der Waals surface area contributed by atoms with Crippen molar-refractivity contribution in [2.24, 2.45) is 0 Å². The van der Waals surface area contributed by atoms with E-state index in [2.05, 4.69) is 19.8 Å². The molecule has 1 aliphatic rings. The average Bonchev–Trinajstić information content (AvgIpc) is 3.33. The fourth-order valence-electron chi connectivity index (χ4n) is 4.39. The van der Waals surface area contributed by atoms with Gasteiger partial charge < -0.3 is 9.47 Å². The number of nitrogens with zero attached hydrogens (tertiary/aromatic N) is 4. The molecule has 1 atom stereocenters. The second kappa shape index (κ2) is 10.7. The lowest BCUT2D eigenvalue weighted by molar-refractivity contribution is -0.0371. The highest BCUT2D eigenvalue weighted by Gasteiger charge is 2.29. The van der Waals surface area contributed by atoms with Crippen molar-refractivity contribution in [2.75, 3.05) is 24.7 Å². The van der Waals surface area contributed by atoms with Gasteiger partial charge in [-0.25, -0.2) is 36.6 Å².